The third kappa shape index (κ3) is 4.33. The first kappa shape index (κ1) is 19.5. The predicted molar refractivity (Wildman–Crippen MR) is 105 cm³/mol. The lowest BCUT2D eigenvalue weighted by atomic mass is 10.1. The van der Waals surface area contributed by atoms with Crippen molar-refractivity contribution in [3.63, 3.8) is 0 Å². The molecule has 0 aromatic heterocycles. The molecule has 1 aliphatic carbocycles. The Bertz CT molecular complexity index is 895. The largest absolute Gasteiger partial charge is 0.497 e. The van der Waals surface area contributed by atoms with Crippen molar-refractivity contribution >= 4 is 17.3 Å². The van der Waals surface area contributed by atoms with E-state index in [1.54, 1.807) is 44.6 Å². The van der Waals surface area contributed by atoms with Crippen molar-refractivity contribution in [2.24, 2.45) is 0 Å². The van der Waals surface area contributed by atoms with Crippen LogP contribution in [0.5, 0.6) is 11.5 Å². The Labute approximate surface area is 163 Å². The molecule has 148 valence electrons. The van der Waals surface area contributed by atoms with Crippen LogP contribution in [0.3, 0.4) is 0 Å². The van der Waals surface area contributed by atoms with Crippen LogP contribution in [-0.2, 0) is 0 Å². The predicted octanol–water partition coefficient (Wildman–Crippen LogP) is 3.68. The number of rotatable bonds is 8. The van der Waals surface area contributed by atoms with Gasteiger partial charge in [-0.05, 0) is 50.1 Å². The lowest BCUT2D eigenvalue weighted by Crippen LogP contribution is -2.27. The fourth-order valence-corrected chi connectivity index (χ4v) is 2.93. The second-order valence-electron chi connectivity index (χ2n) is 6.71. The van der Waals surface area contributed by atoms with Crippen molar-refractivity contribution in [3.05, 3.63) is 57.6 Å². The molecule has 0 heterocycles. The number of nitro benzene ring substituents is 1. The lowest BCUT2D eigenvalue weighted by Gasteiger charge is -2.18. The van der Waals surface area contributed by atoms with E-state index in [0.29, 0.717) is 17.2 Å². The molecule has 8 heteroatoms. The molecule has 1 fully saturated rings. The summed E-state index contributed by atoms with van der Waals surface area (Å²) in [6.45, 7) is 1.81. The van der Waals surface area contributed by atoms with Crippen LogP contribution < -0.4 is 20.1 Å². The summed E-state index contributed by atoms with van der Waals surface area (Å²) in [5.41, 5.74) is 1.30. The third-order valence-corrected chi connectivity index (χ3v) is 4.64. The molecule has 1 aliphatic rings. The first-order valence-corrected chi connectivity index (χ1v) is 9.00. The molecule has 0 spiro atoms. The highest BCUT2D eigenvalue weighted by molar-refractivity contribution is 5.96. The van der Waals surface area contributed by atoms with Gasteiger partial charge in [0.15, 0.2) is 0 Å². The summed E-state index contributed by atoms with van der Waals surface area (Å²) < 4.78 is 10.6. The number of anilines is 1. The Balaban J connectivity index is 1.80. The number of carbonyl (C=O) groups excluding carboxylic acids is 1. The molecule has 2 aromatic carbocycles. The Kier molecular flexibility index (Phi) is 5.67. The van der Waals surface area contributed by atoms with Crippen molar-refractivity contribution < 1.29 is 19.2 Å². The van der Waals surface area contributed by atoms with Crippen LogP contribution in [0.4, 0.5) is 11.4 Å². The molecule has 1 atom stereocenters. The van der Waals surface area contributed by atoms with Gasteiger partial charge in [0.2, 0.25) is 0 Å². The van der Waals surface area contributed by atoms with Gasteiger partial charge < -0.3 is 20.1 Å². The second kappa shape index (κ2) is 8.16. The van der Waals surface area contributed by atoms with Crippen molar-refractivity contribution in [1.29, 1.82) is 0 Å². The molecule has 2 aromatic rings. The highest BCUT2D eigenvalue weighted by atomic mass is 16.6. The summed E-state index contributed by atoms with van der Waals surface area (Å²) in [5.74, 6) is 0.852. The molecule has 8 nitrogen and oxygen atoms in total. The maximum atomic E-state index is 12.7. The van der Waals surface area contributed by atoms with Gasteiger partial charge in [0.25, 0.3) is 11.6 Å². The topological polar surface area (TPSA) is 103 Å². The van der Waals surface area contributed by atoms with E-state index in [9.17, 15) is 14.9 Å². The van der Waals surface area contributed by atoms with Gasteiger partial charge in [-0.2, -0.15) is 0 Å². The Morgan fingerprint density at radius 1 is 1.18 bits per heavy atom. The molecule has 0 aliphatic heterocycles. The summed E-state index contributed by atoms with van der Waals surface area (Å²) in [7, 11) is 3.11. The molecular formula is C20H23N3O5. The van der Waals surface area contributed by atoms with Crippen LogP contribution in [-0.4, -0.2) is 31.1 Å². The molecule has 1 amide bonds. The molecule has 0 saturated heterocycles. The number of ether oxygens (including phenoxy) is 2. The minimum atomic E-state index is -0.476. The van der Waals surface area contributed by atoms with Crippen molar-refractivity contribution in [3.8, 4) is 11.5 Å². The van der Waals surface area contributed by atoms with Crippen molar-refractivity contribution in [2.45, 2.75) is 31.8 Å². The number of nitro groups is 1. The second-order valence-corrected chi connectivity index (χ2v) is 6.71. The van der Waals surface area contributed by atoms with Gasteiger partial charge in [0.1, 0.15) is 17.2 Å². The number of carbonyl (C=O) groups is 1. The van der Waals surface area contributed by atoms with Gasteiger partial charge in [-0.3, -0.25) is 14.9 Å². The number of hydrogen-bond acceptors (Lipinski definition) is 6. The fourth-order valence-electron chi connectivity index (χ4n) is 2.93. The average Bonchev–Trinajstić information content (AvgIpc) is 3.51. The maximum Gasteiger partial charge on any atom is 0.293 e. The number of methoxy groups -OCH3 is 2. The van der Waals surface area contributed by atoms with Crippen molar-refractivity contribution in [1.82, 2.24) is 5.32 Å². The highest BCUT2D eigenvalue weighted by Crippen LogP contribution is 2.32. The molecule has 2 N–H and O–H groups in total. The Hall–Kier alpha value is -3.29. The molecule has 0 radical (unpaired) electrons. The molecule has 0 bridgehead atoms. The summed E-state index contributed by atoms with van der Waals surface area (Å²) >= 11 is 0. The van der Waals surface area contributed by atoms with Crippen LogP contribution in [0.1, 0.15) is 41.7 Å². The monoisotopic (exact) mass is 385 g/mol. The highest BCUT2D eigenvalue weighted by Gasteiger charge is 2.26. The summed E-state index contributed by atoms with van der Waals surface area (Å²) in [4.78, 5) is 23.6. The van der Waals surface area contributed by atoms with Gasteiger partial charge in [-0.1, -0.05) is 0 Å². The van der Waals surface area contributed by atoms with E-state index in [-0.39, 0.29) is 23.3 Å². The van der Waals surface area contributed by atoms with E-state index >= 15 is 0 Å². The first-order chi connectivity index (χ1) is 13.4. The van der Waals surface area contributed by atoms with E-state index in [4.69, 9.17) is 9.47 Å². The molecule has 1 saturated carbocycles. The van der Waals surface area contributed by atoms with Crippen LogP contribution in [0.25, 0.3) is 0 Å². The van der Waals surface area contributed by atoms with E-state index in [0.717, 1.165) is 18.4 Å². The van der Waals surface area contributed by atoms with E-state index < -0.39 is 10.8 Å². The van der Waals surface area contributed by atoms with Gasteiger partial charge in [-0.15, -0.1) is 0 Å². The van der Waals surface area contributed by atoms with E-state index in [1.165, 1.54) is 6.07 Å². The number of nitrogens with one attached hydrogen (secondary N) is 2. The molecule has 28 heavy (non-hydrogen) atoms. The smallest absolute Gasteiger partial charge is 0.293 e. The lowest BCUT2D eigenvalue weighted by molar-refractivity contribution is -0.384. The van der Waals surface area contributed by atoms with E-state index in [1.807, 2.05) is 6.92 Å². The van der Waals surface area contributed by atoms with Crippen LogP contribution in [0, 0.1) is 10.1 Å². The average molecular weight is 385 g/mol. The Morgan fingerprint density at radius 3 is 2.54 bits per heavy atom. The van der Waals surface area contributed by atoms with Gasteiger partial charge >= 0.3 is 0 Å². The minimum absolute atomic E-state index is 0.105. The zero-order valence-corrected chi connectivity index (χ0v) is 16.0. The van der Waals surface area contributed by atoms with Crippen molar-refractivity contribution in [2.75, 3.05) is 19.5 Å². The number of hydrogen-bond donors (Lipinski definition) is 2. The fraction of sp³-hybridized carbons (Fsp3) is 0.350. The molecule has 3 rings (SSSR count). The van der Waals surface area contributed by atoms with Gasteiger partial charge in [0.05, 0.1) is 25.2 Å². The third-order valence-electron chi connectivity index (χ3n) is 4.64. The summed E-state index contributed by atoms with van der Waals surface area (Å²) in [6.07, 6.45) is 2.00. The number of benzene rings is 2. The quantitative estimate of drug-likeness (QED) is 0.531. The van der Waals surface area contributed by atoms with Gasteiger partial charge in [0, 0.05) is 23.2 Å². The normalized spacial score (nSPS) is 14.1. The van der Waals surface area contributed by atoms with E-state index in [2.05, 4.69) is 10.6 Å². The molecule has 0 unspecified atom stereocenters. The molecular weight excluding hydrogens is 362 g/mol. The summed E-state index contributed by atoms with van der Waals surface area (Å²) in [5, 5.41) is 17.4. The van der Waals surface area contributed by atoms with Crippen LogP contribution >= 0.6 is 0 Å². The number of amides is 1. The van der Waals surface area contributed by atoms with Crippen LogP contribution in [0.2, 0.25) is 0 Å². The maximum absolute atomic E-state index is 12.7. The minimum Gasteiger partial charge on any atom is -0.497 e. The number of nitrogens with zero attached hydrogens (tertiary/aromatic N) is 1. The summed E-state index contributed by atoms with van der Waals surface area (Å²) in [6, 6.07) is 9.68. The zero-order chi connectivity index (χ0) is 20.3. The first-order valence-electron chi connectivity index (χ1n) is 9.00. The van der Waals surface area contributed by atoms with Gasteiger partial charge in [-0.25, -0.2) is 0 Å². The zero-order valence-electron chi connectivity index (χ0n) is 16.0. The standard InChI is InChI=1S/C20H23N3O5/c1-12(16-11-15(27-2)7-9-19(16)28-3)21-20(24)13-4-8-17(22-14-5-6-14)18(10-13)23(25)26/h4,7-12,14,22H,5-6H2,1-3H3,(H,21,24)/t12-/m0/s1. The SMILES string of the molecule is COc1ccc(OC)c([C@H](C)NC(=O)c2ccc(NC3CC3)c([N+](=O)[O-])c2)c1. The van der Waals surface area contributed by atoms with Crippen LogP contribution in [0.15, 0.2) is 36.4 Å². The Morgan fingerprint density at radius 2 is 1.93 bits per heavy atom.